The summed E-state index contributed by atoms with van der Waals surface area (Å²) in [4.78, 5) is 0.670. The lowest BCUT2D eigenvalue weighted by molar-refractivity contribution is 0.454. The van der Waals surface area contributed by atoms with E-state index in [0.29, 0.717) is 10.6 Å². The van der Waals surface area contributed by atoms with Crippen LogP contribution in [0, 0.1) is 0 Å². The van der Waals surface area contributed by atoms with Crippen molar-refractivity contribution < 1.29 is 5.11 Å². The third-order valence-electron chi connectivity index (χ3n) is 1.90. The number of benzene rings is 1. The summed E-state index contributed by atoms with van der Waals surface area (Å²) in [5.41, 5.74) is 1.00. The Kier molecular flexibility index (Phi) is 3.48. The fourth-order valence-electron chi connectivity index (χ4n) is 1.15. The first-order valence-corrected chi connectivity index (χ1v) is 4.70. The number of hydrogen-bond donors (Lipinski definition) is 2. The van der Waals surface area contributed by atoms with E-state index in [0.717, 1.165) is 24.8 Å². The summed E-state index contributed by atoms with van der Waals surface area (Å²) in [5, 5.41) is 9.55. The predicted molar refractivity (Wildman–Crippen MR) is 54.0 cm³/mol. The largest absolute Gasteiger partial charge is 0.507 e. The second-order valence-corrected chi connectivity index (χ2v) is 3.37. The van der Waals surface area contributed by atoms with E-state index in [1.54, 1.807) is 6.07 Å². The molecule has 0 aliphatic heterocycles. The summed E-state index contributed by atoms with van der Waals surface area (Å²) < 4.78 is 0. The zero-order chi connectivity index (χ0) is 8.97. The molecule has 2 heteroatoms. The number of hydrogen-bond acceptors (Lipinski definition) is 2. The Bertz CT molecular complexity index is 258. The number of aryl methyl sites for hydroxylation is 1. The predicted octanol–water partition coefficient (Wildman–Crippen LogP) is 3.02. The van der Waals surface area contributed by atoms with Crippen molar-refractivity contribution in [2.75, 3.05) is 0 Å². The van der Waals surface area contributed by atoms with Crippen LogP contribution in [0.25, 0.3) is 0 Å². The zero-order valence-corrected chi connectivity index (χ0v) is 8.14. The molecule has 0 spiro atoms. The van der Waals surface area contributed by atoms with Crippen molar-refractivity contribution in [1.29, 1.82) is 0 Å². The molecule has 1 nitrogen and oxygen atoms in total. The number of phenols is 1. The third kappa shape index (κ3) is 2.18. The lowest BCUT2D eigenvalue weighted by Crippen LogP contribution is -1.85. The van der Waals surface area contributed by atoms with E-state index in [-0.39, 0.29) is 0 Å². The van der Waals surface area contributed by atoms with E-state index in [2.05, 4.69) is 19.6 Å². The van der Waals surface area contributed by atoms with Gasteiger partial charge >= 0.3 is 0 Å². The van der Waals surface area contributed by atoms with Crippen molar-refractivity contribution in [3.8, 4) is 5.75 Å². The van der Waals surface area contributed by atoms with Crippen LogP contribution in [-0.2, 0) is 6.42 Å². The van der Waals surface area contributed by atoms with Gasteiger partial charge in [0.25, 0.3) is 0 Å². The smallest absolute Gasteiger partial charge is 0.132 e. The van der Waals surface area contributed by atoms with Gasteiger partial charge in [-0.2, -0.15) is 0 Å². The lowest BCUT2D eigenvalue weighted by atomic mass is 10.1. The maximum absolute atomic E-state index is 9.55. The van der Waals surface area contributed by atoms with Gasteiger partial charge in [0.2, 0.25) is 0 Å². The Balaban J connectivity index is 2.78. The molecule has 0 fully saturated rings. The van der Waals surface area contributed by atoms with Gasteiger partial charge in [0.15, 0.2) is 0 Å². The fraction of sp³-hybridized carbons (Fsp3) is 0.400. The molecule has 1 aromatic carbocycles. The van der Waals surface area contributed by atoms with Crippen LogP contribution in [0.5, 0.6) is 5.75 Å². The molecular weight excluding hydrogens is 168 g/mol. The van der Waals surface area contributed by atoms with Crippen molar-refractivity contribution in [1.82, 2.24) is 0 Å². The Morgan fingerprint density at radius 1 is 1.42 bits per heavy atom. The minimum absolute atomic E-state index is 0.342. The van der Waals surface area contributed by atoms with Crippen molar-refractivity contribution in [2.24, 2.45) is 0 Å². The highest BCUT2D eigenvalue weighted by Crippen LogP contribution is 2.26. The first kappa shape index (κ1) is 9.46. The van der Waals surface area contributed by atoms with Crippen molar-refractivity contribution in [3.63, 3.8) is 0 Å². The normalized spacial score (nSPS) is 10.2. The van der Waals surface area contributed by atoms with Crippen LogP contribution in [0.4, 0.5) is 0 Å². The number of phenolic OH excluding ortho intramolecular Hbond substituents is 1. The summed E-state index contributed by atoms with van der Waals surface area (Å²) in [6, 6.07) is 5.67. The molecule has 0 atom stereocenters. The number of aromatic hydroxyl groups is 1. The molecule has 1 rings (SSSR count). The van der Waals surface area contributed by atoms with E-state index in [9.17, 15) is 5.11 Å². The second kappa shape index (κ2) is 4.41. The standard InChI is InChI=1S/C10H14OS/c1-2-3-5-8-6-4-7-9(12)10(8)11/h4,6-7,11-12H,2-3,5H2,1H3. The average molecular weight is 182 g/mol. The molecule has 0 radical (unpaired) electrons. The highest BCUT2D eigenvalue weighted by atomic mass is 32.1. The van der Waals surface area contributed by atoms with Crippen LogP contribution in [0.1, 0.15) is 25.3 Å². The van der Waals surface area contributed by atoms with Crippen LogP contribution in [0.2, 0.25) is 0 Å². The van der Waals surface area contributed by atoms with Gasteiger partial charge in [-0.3, -0.25) is 0 Å². The summed E-state index contributed by atoms with van der Waals surface area (Å²) >= 11 is 4.14. The minimum Gasteiger partial charge on any atom is -0.507 e. The molecule has 0 aliphatic carbocycles. The fourth-order valence-corrected chi connectivity index (χ4v) is 1.38. The van der Waals surface area contributed by atoms with Gasteiger partial charge < -0.3 is 5.11 Å². The van der Waals surface area contributed by atoms with Gasteiger partial charge in [-0.05, 0) is 24.5 Å². The average Bonchev–Trinajstić information content (AvgIpc) is 2.08. The highest BCUT2D eigenvalue weighted by Gasteiger charge is 2.02. The molecule has 0 aromatic heterocycles. The lowest BCUT2D eigenvalue weighted by Gasteiger charge is -2.04. The molecule has 1 N–H and O–H groups in total. The van der Waals surface area contributed by atoms with Gasteiger partial charge in [-0.25, -0.2) is 0 Å². The maximum atomic E-state index is 9.55. The van der Waals surface area contributed by atoms with Crippen molar-refractivity contribution in [2.45, 2.75) is 31.1 Å². The second-order valence-electron chi connectivity index (χ2n) is 2.89. The SMILES string of the molecule is CCCCc1cccc(S)c1O. The summed E-state index contributed by atoms with van der Waals surface area (Å²) in [6.07, 6.45) is 3.21. The number of unbranched alkanes of at least 4 members (excludes halogenated alkanes) is 1. The molecule has 0 amide bonds. The molecule has 1 aromatic rings. The van der Waals surface area contributed by atoms with E-state index in [1.165, 1.54) is 0 Å². The Hall–Kier alpha value is -0.630. The minimum atomic E-state index is 0.342. The van der Waals surface area contributed by atoms with Crippen LogP contribution in [0.15, 0.2) is 23.1 Å². The Labute approximate surface area is 78.8 Å². The molecule has 0 unspecified atom stereocenters. The van der Waals surface area contributed by atoms with Crippen molar-refractivity contribution >= 4 is 12.6 Å². The summed E-state index contributed by atoms with van der Waals surface area (Å²) in [6.45, 7) is 2.14. The van der Waals surface area contributed by atoms with Crippen LogP contribution in [-0.4, -0.2) is 5.11 Å². The Morgan fingerprint density at radius 3 is 2.83 bits per heavy atom. The molecule has 0 heterocycles. The van der Waals surface area contributed by atoms with Gasteiger partial charge in [-0.1, -0.05) is 25.5 Å². The van der Waals surface area contributed by atoms with Gasteiger partial charge in [0.05, 0.1) is 0 Å². The Morgan fingerprint density at radius 2 is 2.17 bits per heavy atom. The quantitative estimate of drug-likeness (QED) is 0.688. The van der Waals surface area contributed by atoms with Crippen LogP contribution >= 0.6 is 12.6 Å². The first-order valence-electron chi connectivity index (χ1n) is 4.25. The van der Waals surface area contributed by atoms with E-state index >= 15 is 0 Å². The number of rotatable bonds is 3. The van der Waals surface area contributed by atoms with Crippen LogP contribution in [0.3, 0.4) is 0 Å². The summed E-state index contributed by atoms with van der Waals surface area (Å²) in [5.74, 6) is 0.342. The molecule has 0 aliphatic rings. The monoisotopic (exact) mass is 182 g/mol. The van der Waals surface area contributed by atoms with Gasteiger partial charge in [0, 0.05) is 4.90 Å². The molecule has 0 saturated heterocycles. The maximum Gasteiger partial charge on any atom is 0.132 e. The number of thiol groups is 1. The zero-order valence-electron chi connectivity index (χ0n) is 7.25. The number of para-hydroxylation sites is 1. The summed E-state index contributed by atoms with van der Waals surface area (Å²) in [7, 11) is 0. The highest BCUT2D eigenvalue weighted by molar-refractivity contribution is 7.80. The third-order valence-corrected chi connectivity index (χ3v) is 2.26. The molecule has 0 bridgehead atoms. The van der Waals surface area contributed by atoms with Gasteiger partial charge in [0.1, 0.15) is 5.75 Å². The molecule has 12 heavy (non-hydrogen) atoms. The van der Waals surface area contributed by atoms with Crippen LogP contribution < -0.4 is 0 Å². The van der Waals surface area contributed by atoms with E-state index in [4.69, 9.17) is 0 Å². The van der Waals surface area contributed by atoms with E-state index in [1.807, 2.05) is 12.1 Å². The topological polar surface area (TPSA) is 20.2 Å². The molecule has 0 saturated carbocycles. The van der Waals surface area contributed by atoms with Gasteiger partial charge in [-0.15, -0.1) is 12.6 Å². The van der Waals surface area contributed by atoms with E-state index < -0.39 is 0 Å². The molecular formula is C10H14OS. The first-order chi connectivity index (χ1) is 5.75. The molecule has 66 valence electrons. The van der Waals surface area contributed by atoms with Crippen molar-refractivity contribution in [3.05, 3.63) is 23.8 Å².